The van der Waals surface area contributed by atoms with Gasteiger partial charge in [-0.15, -0.1) is 0 Å². The molecule has 1 aromatic carbocycles. The van der Waals surface area contributed by atoms with Crippen LogP contribution in [0.3, 0.4) is 0 Å². The average Bonchev–Trinajstić information content (AvgIpc) is 2.29. The third-order valence-electron chi connectivity index (χ3n) is 2.09. The summed E-state index contributed by atoms with van der Waals surface area (Å²) in [6.45, 7) is 0. The number of hydrogen-bond donors (Lipinski definition) is 2. The average molecular weight is 292 g/mol. The fraction of sp³-hybridized carbons (Fsp3) is 0. The summed E-state index contributed by atoms with van der Waals surface area (Å²) in [5, 5.41) is 2.72. The van der Waals surface area contributed by atoms with E-state index in [4.69, 9.17) is 5.73 Å². The molecule has 0 spiro atoms. The van der Waals surface area contributed by atoms with Crippen LogP contribution >= 0.6 is 15.9 Å². The van der Waals surface area contributed by atoms with Crippen molar-refractivity contribution in [3.63, 3.8) is 0 Å². The lowest BCUT2D eigenvalue weighted by molar-refractivity contribution is 0.102. The second-order valence-electron chi connectivity index (χ2n) is 3.43. The lowest BCUT2D eigenvalue weighted by Gasteiger charge is -2.05. The lowest BCUT2D eigenvalue weighted by atomic mass is 10.2. The predicted octanol–water partition coefficient (Wildman–Crippen LogP) is 2.68. The Balaban J connectivity index is 2.17. The number of carbonyl (C=O) groups excluding carboxylic acids is 1. The third kappa shape index (κ3) is 3.04. The van der Waals surface area contributed by atoms with E-state index in [9.17, 15) is 4.79 Å². The first-order valence-corrected chi connectivity index (χ1v) is 5.74. The van der Waals surface area contributed by atoms with Crippen LogP contribution in [-0.2, 0) is 0 Å². The number of carbonyl (C=O) groups is 1. The number of nitrogens with one attached hydrogen (secondary N) is 1. The summed E-state index contributed by atoms with van der Waals surface area (Å²) in [6, 6.07) is 12.2. The van der Waals surface area contributed by atoms with Gasteiger partial charge in [-0.2, -0.15) is 0 Å². The summed E-state index contributed by atoms with van der Waals surface area (Å²) >= 11 is 3.22. The topological polar surface area (TPSA) is 68.0 Å². The van der Waals surface area contributed by atoms with Gasteiger partial charge in [-0.1, -0.05) is 12.1 Å². The molecule has 0 unspecified atom stereocenters. The Morgan fingerprint density at radius 2 is 2.00 bits per heavy atom. The fourth-order valence-electron chi connectivity index (χ4n) is 1.35. The first-order chi connectivity index (χ1) is 8.15. The lowest BCUT2D eigenvalue weighted by Crippen LogP contribution is -2.13. The molecule has 0 atom stereocenters. The molecule has 0 fully saturated rings. The Morgan fingerprint density at radius 3 is 2.71 bits per heavy atom. The number of benzene rings is 1. The van der Waals surface area contributed by atoms with Crippen molar-refractivity contribution in [1.29, 1.82) is 0 Å². The van der Waals surface area contributed by atoms with Crippen molar-refractivity contribution in [2.75, 3.05) is 11.1 Å². The molecule has 0 saturated carbocycles. The van der Waals surface area contributed by atoms with Crippen molar-refractivity contribution in [2.45, 2.75) is 0 Å². The van der Waals surface area contributed by atoms with Crippen LogP contribution in [0.2, 0.25) is 0 Å². The van der Waals surface area contributed by atoms with Crippen LogP contribution in [0.4, 0.5) is 11.4 Å². The van der Waals surface area contributed by atoms with E-state index in [0.717, 1.165) is 0 Å². The molecule has 0 radical (unpaired) electrons. The molecule has 2 rings (SSSR count). The molecular formula is C12H10BrN3O. The summed E-state index contributed by atoms with van der Waals surface area (Å²) in [5.41, 5.74) is 7.22. The fourth-order valence-corrected chi connectivity index (χ4v) is 1.69. The minimum absolute atomic E-state index is 0.267. The van der Waals surface area contributed by atoms with Gasteiger partial charge in [-0.05, 0) is 46.3 Å². The minimum Gasteiger partial charge on any atom is -0.399 e. The summed E-state index contributed by atoms with van der Waals surface area (Å²) in [4.78, 5) is 15.9. The number of rotatable bonds is 2. The number of amides is 1. The number of nitrogens with zero attached hydrogens (tertiary/aromatic N) is 1. The molecule has 0 aliphatic rings. The summed E-state index contributed by atoms with van der Waals surface area (Å²) in [6.07, 6.45) is 0. The van der Waals surface area contributed by atoms with Gasteiger partial charge >= 0.3 is 0 Å². The Labute approximate surface area is 107 Å². The van der Waals surface area contributed by atoms with Crippen LogP contribution in [0, 0.1) is 0 Å². The van der Waals surface area contributed by atoms with E-state index in [1.807, 2.05) is 0 Å². The molecular weight excluding hydrogens is 282 g/mol. The van der Waals surface area contributed by atoms with Gasteiger partial charge in [-0.3, -0.25) is 4.79 Å². The van der Waals surface area contributed by atoms with Crippen molar-refractivity contribution >= 4 is 33.2 Å². The summed E-state index contributed by atoms with van der Waals surface area (Å²) in [7, 11) is 0. The predicted molar refractivity (Wildman–Crippen MR) is 70.7 cm³/mol. The molecule has 4 nitrogen and oxygen atoms in total. The molecule has 0 bridgehead atoms. The molecule has 1 heterocycles. The number of halogens is 1. The maximum absolute atomic E-state index is 11.8. The van der Waals surface area contributed by atoms with E-state index >= 15 is 0 Å². The van der Waals surface area contributed by atoms with Crippen LogP contribution in [-0.4, -0.2) is 10.9 Å². The zero-order chi connectivity index (χ0) is 12.3. The van der Waals surface area contributed by atoms with Crippen molar-refractivity contribution in [2.24, 2.45) is 0 Å². The normalized spacial score (nSPS) is 9.94. The molecule has 86 valence electrons. The van der Waals surface area contributed by atoms with E-state index in [0.29, 0.717) is 21.7 Å². The Kier molecular flexibility index (Phi) is 3.39. The summed E-state index contributed by atoms with van der Waals surface area (Å²) < 4.78 is 0.623. The van der Waals surface area contributed by atoms with E-state index in [1.54, 1.807) is 42.5 Å². The van der Waals surface area contributed by atoms with Crippen LogP contribution in [0.1, 0.15) is 10.5 Å². The molecule has 2 aromatic rings. The highest BCUT2D eigenvalue weighted by Gasteiger charge is 2.07. The number of hydrogen-bond acceptors (Lipinski definition) is 3. The second kappa shape index (κ2) is 4.97. The van der Waals surface area contributed by atoms with Crippen LogP contribution in [0.25, 0.3) is 0 Å². The number of anilines is 2. The van der Waals surface area contributed by atoms with Gasteiger partial charge in [0.05, 0.1) is 0 Å². The standard InChI is InChI=1S/C12H10BrN3O/c13-11-6-2-5-10(16-11)12(17)15-9-4-1-3-8(14)7-9/h1-7H,14H2,(H,15,17). The van der Waals surface area contributed by atoms with Gasteiger partial charge in [-0.25, -0.2) is 4.98 Å². The molecule has 1 amide bonds. The molecule has 1 aromatic heterocycles. The molecule has 0 saturated heterocycles. The first-order valence-electron chi connectivity index (χ1n) is 4.94. The Morgan fingerprint density at radius 1 is 1.24 bits per heavy atom. The molecule has 17 heavy (non-hydrogen) atoms. The molecule has 3 N–H and O–H groups in total. The quantitative estimate of drug-likeness (QED) is 0.660. The number of nitrogens with two attached hydrogens (primary N) is 1. The number of aromatic nitrogens is 1. The highest BCUT2D eigenvalue weighted by atomic mass is 79.9. The van der Waals surface area contributed by atoms with Crippen molar-refractivity contribution in [3.05, 3.63) is 52.8 Å². The number of pyridine rings is 1. The van der Waals surface area contributed by atoms with E-state index < -0.39 is 0 Å². The van der Waals surface area contributed by atoms with Crippen molar-refractivity contribution < 1.29 is 4.79 Å². The summed E-state index contributed by atoms with van der Waals surface area (Å²) in [5.74, 6) is -0.267. The highest BCUT2D eigenvalue weighted by molar-refractivity contribution is 9.10. The van der Waals surface area contributed by atoms with E-state index in [1.165, 1.54) is 0 Å². The SMILES string of the molecule is Nc1cccc(NC(=O)c2cccc(Br)n2)c1. The smallest absolute Gasteiger partial charge is 0.274 e. The maximum Gasteiger partial charge on any atom is 0.274 e. The van der Waals surface area contributed by atoms with E-state index in [-0.39, 0.29) is 5.91 Å². The minimum atomic E-state index is -0.267. The largest absolute Gasteiger partial charge is 0.399 e. The van der Waals surface area contributed by atoms with Crippen molar-refractivity contribution in [3.8, 4) is 0 Å². The molecule has 0 aliphatic carbocycles. The zero-order valence-electron chi connectivity index (χ0n) is 8.85. The zero-order valence-corrected chi connectivity index (χ0v) is 10.4. The van der Waals surface area contributed by atoms with Gasteiger partial charge in [0.2, 0.25) is 0 Å². The van der Waals surface area contributed by atoms with E-state index in [2.05, 4.69) is 26.2 Å². The second-order valence-corrected chi connectivity index (χ2v) is 4.24. The molecule has 0 aliphatic heterocycles. The van der Waals surface area contributed by atoms with Crippen molar-refractivity contribution in [1.82, 2.24) is 4.98 Å². The first kappa shape index (κ1) is 11.6. The number of nitrogen functional groups attached to an aromatic ring is 1. The van der Waals surface area contributed by atoms with Crippen LogP contribution in [0.15, 0.2) is 47.1 Å². The highest BCUT2D eigenvalue weighted by Crippen LogP contribution is 2.13. The maximum atomic E-state index is 11.8. The van der Waals surface area contributed by atoms with Gasteiger partial charge in [0, 0.05) is 11.4 Å². The van der Waals surface area contributed by atoms with Gasteiger partial charge in [0.1, 0.15) is 10.3 Å². The Bertz CT molecular complexity index is 557. The third-order valence-corrected chi connectivity index (χ3v) is 2.53. The van der Waals surface area contributed by atoms with Gasteiger partial charge in [0.15, 0.2) is 0 Å². The monoisotopic (exact) mass is 291 g/mol. The molecule has 5 heteroatoms. The van der Waals surface area contributed by atoms with Gasteiger partial charge in [0.25, 0.3) is 5.91 Å². The van der Waals surface area contributed by atoms with Crippen LogP contribution < -0.4 is 11.1 Å². The Hall–Kier alpha value is -1.88. The van der Waals surface area contributed by atoms with Gasteiger partial charge < -0.3 is 11.1 Å². The van der Waals surface area contributed by atoms with Crippen LogP contribution in [0.5, 0.6) is 0 Å².